The Labute approximate surface area is 156 Å². The Balaban J connectivity index is 1.81. The van der Waals surface area contributed by atoms with Crippen molar-refractivity contribution in [3.8, 4) is 11.5 Å². The predicted molar refractivity (Wildman–Crippen MR) is 101 cm³/mol. The second-order valence-corrected chi connectivity index (χ2v) is 6.57. The van der Waals surface area contributed by atoms with E-state index in [0.29, 0.717) is 30.3 Å². The van der Waals surface area contributed by atoms with Gasteiger partial charge in [0.2, 0.25) is 0 Å². The summed E-state index contributed by atoms with van der Waals surface area (Å²) in [6, 6.07) is 11.0. The molecule has 2 amide bonds. The van der Waals surface area contributed by atoms with Crippen molar-refractivity contribution in [1.29, 1.82) is 0 Å². The van der Waals surface area contributed by atoms with Crippen LogP contribution in [0.4, 0.5) is 10.5 Å². The molecule has 26 heavy (non-hydrogen) atoms. The number of hydrogen-bond donors (Lipinski definition) is 1. The standard InChI is InChI=1S/C19H20N2O4S/c1-23-17-7-3-6-16(18(17)24-2)20-19(22)21(11-14-8-9-25-13-14)12-15-5-4-10-26-15/h3-10,13H,11-12H2,1-2H3,(H,20,22). The third kappa shape index (κ3) is 4.18. The summed E-state index contributed by atoms with van der Waals surface area (Å²) in [4.78, 5) is 15.7. The average molecular weight is 372 g/mol. The van der Waals surface area contributed by atoms with E-state index in [9.17, 15) is 4.79 Å². The van der Waals surface area contributed by atoms with E-state index in [2.05, 4.69) is 5.32 Å². The number of furan rings is 1. The van der Waals surface area contributed by atoms with Crippen LogP contribution in [-0.4, -0.2) is 25.2 Å². The minimum Gasteiger partial charge on any atom is -0.493 e. The lowest BCUT2D eigenvalue weighted by Gasteiger charge is -2.23. The van der Waals surface area contributed by atoms with E-state index in [1.807, 2.05) is 23.6 Å². The molecule has 0 saturated carbocycles. The van der Waals surface area contributed by atoms with Crippen molar-refractivity contribution in [1.82, 2.24) is 4.90 Å². The molecule has 0 spiro atoms. The van der Waals surface area contributed by atoms with Crippen LogP contribution in [0.3, 0.4) is 0 Å². The number of hydrogen-bond acceptors (Lipinski definition) is 5. The van der Waals surface area contributed by atoms with Crippen molar-refractivity contribution in [3.05, 3.63) is 64.7 Å². The van der Waals surface area contributed by atoms with Crippen LogP contribution in [0.15, 0.2) is 58.7 Å². The molecule has 0 bridgehead atoms. The van der Waals surface area contributed by atoms with E-state index in [4.69, 9.17) is 13.9 Å². The SMILES string of the molecule is COc1cccc(NC(=O)N(Cc2ccoc2)Cc2cccs2)c1OC. The van der Waals surface area contributed by atoms with Crippen LogP contribution in [0.2, 0.25) is 0 Å². The van der Waals surface area contributed by atoms with Gasteiger partial charge in [-0.05, 0) is 29.6 Å². The first-order valence-electron chi connectivity index (χ1n) is 8.01. The van der Waals surface area contributed by atoms with Crippen molar-refractivity contribution in [2.24, 2.45) is 0 Å². The van der Waals surface area contributed by atoms with Gasteiger partial charge in [0, 0.05) is 10.4 Å². The molecular weight excluding hydrogens is 352 g/mol. The third-order valence-corrected chi connectivity index (χ3v) is 4.67. The van der Waals surface area contributed by atoms with Crippen LogP contribution >= 0.6 is 11.3 Å². The largest absolute Gasteiger partial charge is 0.493 e. The highest BCUT2D eigenvalue weighted by molar-refractivity contribution is 7.09. The molecular formula is C19H20N2O4S. The zero-order valence-electron chi connectivity index (χ0n) is 14.6. The highest BCUT2D eigenvalue weighted by atomic mass is 32.1. The number of thiophene rings is 1. The molecule has 7 heteroatoms. The number of nitrogens with zero attached hydrogens (tertiary/aromatic N) is 1. The van der Waals surface area contributed by atoms with Gasteiger partial charge in [0.15, 0.2) is 11.5 Å². The van der Waals surface area contributed by atoms with Gasteiger partial charge in [-0.3, -0.25) is 0 Å². The molecule has 0 radical (unpaired) electrons. The minimum absolute atomic E-state index is 0.230. The van der Waals surface area contributed by atoms with Crippen molar-refractivity contribution < 1.29 is 18.7 Å². The van der Waals surface area contributed by atoms with Gasteiger partial charge in [-0.15, -0.1) is 11.3 Å². The lowest BCUT2D eigenvalue weighted by Crippen LogP contribution is -2.33. The number of nitrogens with one attached hydrogen (secondary N) is 1. The summed E-state index contributed by atoms with van der Waals surface area (Å²) in [5, 5.41) is 4.91. The van der Waals surface area contributed by atoms with Gasteiger partial charge in [0.1, 0.15) is 0 Å². The molecule has 2 aromatic heterocycles. The molecule has 0 fully saturated rings. The number of amides is 2. The molecule has 6 nitrogen and oxygen atoms in total. The van der Waals surface area contributed by atoms with Crippen molar-refractivity contribution in [3.63, 3.8) is 0 Å². The van der Waals surface area contributed by atoms with Gasteiger partial charge >= 0.3 is 6.03 Å². The van der Waals surface area contributed by atoms with E-state index < -0.39 is 0 Å². The van der Waals surface area contributed by atoms with Gasteiger partial charge < -0.3 is 24.1 Å². The zero-order chi connectivity index (χ0) is 18.4. The van der Waals surface area contributed by atoms with E-state index in [-0.39, 0.29) is 6.03 Å². The second-order valence-electron chi connectivity index (χ2n) is 5.54. The Bertz CT molecular complexity index is 795. The lowest BCUT2D eigenvalue weighted by molar-refractivity contribution is 0.206. The fourth-order valence-corrected chi connectivity index (χ4v) is 3.29. The molecule has 1 aromatic carbocycles. The van der Waals surface area contributed by atoms with E-state index in [1.165, 1.54) is 0 Å². The fourth-order valence-electron chi connectivity index (χ4n) is 2.57. The number of benzene rings is 1. The summed E-state index contributed by atoms with van der Waals surface area (Å²) < 4.78 is 15.8. The maximum Gasteiger partial charge on any atom is 0.322 e. The lowest BCUT2D eigenvalue weighted by atomic mass is 10.2. The Morgan fingerprint density at radius 1 is 1.15 bits per heavy atom. The van der Waals surface area contributed by atoms with Crippen molar-refractivity contribution in [2.75, 3.05) is 19.5 Å². The number of carbonyl (C=O) groups is 1. The fraction of sp³-hybridized carbons (Fsp3) is 0.211. The van der Waals surface area contributed by atoms with Crippen LogP contribution in [-0.2, 0) is 13.1 Å². The first-order valence-corrected chi connectivity index (χ1v) is 8.89. The Morgan fingerprint density at radius 3 is 2.69 bits per heavy atom. The quantitative estimate of drug-likeness (QED) is 0.659. The van der Waals surface area contributed by atoms with Gasteiger partial charge in [-0.1, -0.05) is 12.1 Å². The highest BCUT2D eigenvalue weighted by Crippen LogP contribution is 2.35. The molecule has 3 aromatic rings. The van der Waals surface area contributed by atoms with Crippen LogP contribution in [0, 0.1) is 0 Å². The normalized spacial score (nSPS) is 10.4. The van der Waals surface area contributed by atoms with Gasteiger partial charge in [-0.2, -0.15) is 0 Å². The van der Waals surface area contributed by atoms with Crippen LogP contribution < -0.4 is 14.8 Å². The number of urea groups is 1. The molecule has 3 rings (SSSR count). The summed E-state index contributed by atoms with van der Waals surface area (Å²) in [6.07, 6.45) is 3.24. The van der Waals surface area contributed by atoms with Crippen LogP contribution in [0.5, 0.6) is 11.5 Å². The average Bonchev–Trinajstić information content (AvgIpc) is 3.35. The zero-order valence-corrected chi connectivity index (χ0v) is 15.4. The van der Waals surface area contributed by atoms with E-state index >= 15 is 0 Å². The number of ether oxygens (including phenoxy) is 2. The summed E-state index contributed by atoms with van der Waals surface area (Å²) in [5.41, 5.74) is 1.48. The molecule has 0 aliphatic rings. The van der Waals surface area contributed by atoms with Gasteiger partial charge in [0.25, 0.3) is 0 Å². The van der Waals surface area contributed by atoms with Crippen molar-refractivity contribution in [2.45, 2.75) is 13.1 Å². The number of carbonyl (C=O) groups excluding carboxylic acids is 1. The van der Waals surface area contributed by atoms with E-state index in [0.717, 1.165) is 10.4 Å². The molecule has 1 N–H and O–H groups in total. The number of anilines is 1. The summed E-state index contributed by atoms with van der Waals surface area (Å²) in [5.74, 6) is 1.05. The molecule has 0 aliphatic carbocycles. The Morgan fingerprint density at radius 2 is 2.04 bits per heavy atom. The molecule has 0 saturated heterocycles. The first kappa shape index (κ1) is 17.9. The predicted octanol–water partition coefficient (Wildman–Crippen LogP) is 4.59. The number of para-hydroxylation sites is 1. The third-order valence-electron chi connectivity index (χ3n) is 3.81. The van der Waals surface area contributed by atoms with Crippen LogP contribution in [0.1, 0.15) is 10.4 Å². The van der Waals surface area contributed by atoms with Crippen LogP contribution in [0.25, 0.3) is 0 Å². The first-order chi connectivity index (χ1) is 12.7. The molecule has 0 aliphatic heterocycles. The van der Waals surface area contributed by atoms with Gasteiger partial charge in [0.05, 0.1) is 45.5 Å². The Hall–Kier alpha value is -2.93. The second kappa shape index (κ2) is 8.44. The Kier molecular flexibility index (Phi) is 5.80. The number of rotatable bonds is 7. The topological polar surface area (TPSA) is 63.9 Å². The summed E-state index contributed by atoms with van der Waals surface area (Å²) >= 11 is 1.61. The maximum atomic E-state index is 12.9. The highest BCUT2D eigenvalue weighted by Gasteiger charge is 2.19. The molecule has 0 atom stereocenters. The summed E-state index contributed by atoms with van der Waals surface area (Å²) in [7, 11) is 3.11. The monoisotopic (exact) mass is 372 g/mol. The summed E-state index contributed by atoms with van der Waals surface area (Å²) in [6.45, 7) is 0.938. The maximum absolute atomic E-state index is 12.9. The number of methoxy groups -OCH3 is 2. The van der Waals surface area contributed by atoms with Crippen molar-refractivity contribution >= 4 is 23.1 Å². The smallest absolute Gasteiger partial charge is 0.322 e. The molecule has 2 heterocycles. The van der Waals surface area contributed by atoms with Gasteiger partial charge in [-0.25, -0.2) is 4.79 Å². The minimum atomic E-state index is -0.230. The van der Waals surface area contributed by atoms with E-state index in [1.54, 1.807) is 61.2 Å². The molecule has 0 unspecified atom stereocenters. The molecule has 136 valence electrons.